The summed E-state index contributed by atoms with van der Waals surface area (Å²) in [5.74, 6) is 0. The zero-order chi connectivity index (χ0) is 22.8. The molecule has 1 fully saturated rings. The molecular formula is C29H30ClN3. The van der Waals surface area contributed by atoms with Crippen LogP contribution in [0.3, 0.4) is 0 Å². The van der Waals surface area contributed by atoms with Crippen LogP contribution >= 0.6 is 11.6 Å². The van der Waals surface area contributed by atoms with Gasteiger partial charge in [0.15, 0.2) is 0 Å². The predicted octanol–water partition coefficient (Wildman–Crippen LogP) is 8.01. The van der Waals surface area contributed by atoms with Crippen molar-refractivity contribution < 1.29 is 0 Å². The summed E-state index contributed by atoms with van der Waals surface area (Å²) >= 11 is 6.14. The number of pyridine rings is 1. The van der Waals surface area contributed by atoms with Crippen molar-refractivity contribution in [2.24, 2.45) is 0 Å². The molecule has 0 bridgehead atoms. The summed E-state index contributed by atoms with van der Waals surface area (Å²) < 4.78 is 0. The molecule has 0 saturated heterocycles. The Kier molecular flexibility index (Phi) is 6.24. The first kappa shape index (κ1) is 21.8. The quantitative estimate of drug-likeness (QED) is 0.320. The molecule has 0 atom stereocenters. The molecule has 1 saturated carbocycles. The van der Waals surface area contributed by atoms with Crippen LogP contribution in [0.5, 0.6) is 0 Å². The second-order valence-electron chi connectivity index (χ2n) is 9.31. The molecule has 5 rings (SSSR count). The van der Waals surface area contributed by atoms with E-state index in [1.165, 1.54) is 27.9 Å². The number of anilines is 2. The van der Waals surface area contributed by atoms with E-state index in [-0.39, 0.29) is 0 Å². The smallest absolute Gasteiger partial charge is 0.0737 e. The number of nitrogens with zero attached hydrogens (tertiary/aromatic N) is 1. The second-order valence-corrected chi connectivity index (χ2v) is 9.75. The van der Waals surface area contributed by atoms with Gasteiger partial charge in [-0.15, -0.1) is 0 Å². The van der Waals surface area contributed by atoms with Crippen molar-refractivity contribution in [1.29, 1.82) is 0 Å². The van der Waals surface area contributed by atoms with E-state index in [2.05, 4.69) is 84.1 Å². The number of hydrogen-bond donors (Lipinski definition) is 2. The molecule has 1 heterocycles. The van der Waals surface area contributed by atoms with Crippen molar-refractivity contribution in [2.75, 3.05) is 10.6 Å². The van der Waals surface area contributed by atoms with Crippen LogP contribution in [-0.4, -0.2) is 17.1 Å². The minimum Gasteiger partial charge on any atom is -0.382 e. The zero-order valence-corrected chi connectivity index (χ0v) is 20.0. The van der Waals surface area contributed by atoms with E-state index in [1.807, 2.05) is 18.3 Å². The number of fused-ring (bicyclic) bond motifs is 1. The molecule has 0 unspecified atom stereocenters. The molecule has 0 spiro atoms. The summed E-state index contributed by atoms with van der Waals surface area (Å²) in [6.07, 6.45) is 6.45. The summed E-state index contributed by atoms with van der Waals surface area (Å²) in [7, 11) is 0. The number of hydrogen-bond acceptors (Lipinski definition) is 3. The third-order valence-corrected chi connectivity index (χ3v) is 6.83. The fourth-order valence-corrected chi connectivity index (χ4v) is 5.11. The van der Waals surface area contributed by atoms with Crippen LogP contribution in [-0.2, 0) is 0 Å². The van der Waals surface area contributed by atoms with Gasteiger partial charge in [-0.2, -0.15) is 0 Å². The molecule has 4 aromatic rings. The highest BCUT2D eigenvalue weighted by molar-refractivity contribution is 6.31. The summed E-state index contributed by atoms with van der Waals surface area (Å²) in [4.78, 5) is 4.46. The van der Waals surface area contributed by atoms with Crippen LogP contribution in [0.4, 0.5) is 11.4 Å². The van der Waals surface area contributed by atoms with Gasteiger partial charge in [-0.05, 0) is 92.6 Å². The molecule has 3 aromatic carbocycles. The van der Waals surface area contributed by atoms with E-state index < -0.39 is 0 Å². The third kappa shape index (κ3) is 5.15. The van der Waals surface area contributed by atoms with Crippen molar-refractivity contribution in [3.63, 3.8) is 0 Å². The lowest BCUT2D eigenvalue weighted by Gasteiger charge is -2.31. The minimum atomic E-state index is 0.477. The van der Waals surface area contributed by atoms with Gasteiger partial charge in [0, 0.05) is 40.1 Å². The number of benzene rings is 3. The highest BCUT2D eigenvalue weighted by Gasteiger charge is 2.22. The van der Waals surface area contributed by atoms with Gasteiger partial charge < -0.3 is 10.6 Å². The second kappa shape index (κ2) is 9.44. The molecule has 1 aliphatic carbocycles. The molecular weight excluding hydrogens is 426 g/mol. The van der Waals surface area contributed by atoms with E-state index in [1.54, 1.807) is 0 Å². The third-order valence-electron chi connectivity index (χ3n) is 6.59. The van der Waals surface area contributed by atoms with Crippen molar-refractivity contribution >= 4 is 33.9 Å². The largest absolute Gasteiger partial charge is 0.382 e. The van der Waals surface area contributed by atoms with Gasteiger partial charge in [0.05, 0.1) is 5.52 Å². The Bertz CT molecular complexity index is 1280. The minimum absolute atomic E-state index is 0.477. The lowest BCUT2D eigenvalue weighted by molar-refractivity contribution is 0.429. The normalized spacial score (nSPS) is 18.3. The van der Waals surface area contributed by atoms with Crippen molar-refractivity contribution in [2.45, 2.75) is 51.6 Å². The van der Waals surface area contributed by atoms with Gasteiger partial charge in [0.1, 0.15) is 0 Å². The Labute approximate surface area is 201 Å². The molecule has 1 aliphatic rings. The number of nitrogens with one attached hydrogen (secondary N) is 2. The molecule has 33 heavy (non-hydrogen) atoms. The van der Waals surface area contributed by atoms with Gasteiger partial charge >= 0.3 is 0 Å². The van der Waals surface area contributed by atoms with Crippen molar-refractivity contribution in [3.05, 3.63) is 89.1 Å². The van der Waals surface area contributed by atoms with E-state index in [4.69, 9.17) is 11.6 Å². The summed E-state index contributed by atoms with van der Waals surface area (Å²) in [5, 5.41) is 9.43. The van der Waals surface area contributed by atoms with Crippen molar-refractivity contribution in [1.82, 2.24) is 4.98 Å². The van der Waals surface area contributed by atoms with Crippen LogP contribution in [0.25, 0.3) is 22.0 Å². The lowest BCUT2D eigenvalue weighted by atomic mass is 9.90. The standard InChI is InChI=1S/C29H30ClN3/c1-19-4-3-5-21(14-19)22-15-20(2)16-26(17-22)32-24-7-9-25(10-8-24)33-28-12-13-31-29-18-23(30)6-11-27(28)29/h3-6,11-18,24-25,32H,7-10H2,1-2H3,(H,31,33). The number of halogens is 1. The summed E-state index contributed by atoms with van der Waals surface area (Å²) in [6.45, 7) is 4.33. The highest BCUT2D eigenvalue weighted by atomic mass is 35.5. The Hall–Kier alpha value is -3.04. The molecule has 168 valence electrons. The van der Waals surface area contributed by atoms with Crippen molar-refractivity contribution in [3.8, 4) is 11.1 Å². The van der Waals surface area contributed by atoms with Gasteiger partial charge in [-0.25, -0.2) is 0 Å². The molecule has 1 aromatic heterocycles. The first-order valence-corrected chi connectivity index (χ1v) is 12.2. The lowest BCUT2D eigenvalue weighted by Crippen LogP contribution is -2.32. The van der Waals surface area contributed by atoms with E-state index in [0.717, 1.165) is 47.3 Å². The summed E-state index contributed by atoms with van der Waals surface area (Å²) in [6, 6.07) is 24.5. The van der Waals surface area contributed by atoms with E-state index >= 15 is 0 Å². The monoisotopic (exact) mass is 455 g/mol. The van der Waals surface area contributed by atoms with Gasteiger partial charge in [-0.1, -0.05) is 47.5 Å². The molecule has 0 amide bonds. The molecule has 3 nitrogen and oxygen atoms in total. The number of rotatable bonds is 5. The Morgan fingerprint density at radius 1 is 0.758 bits per heavy atom. The van der Waals surface area contributed by atoms with Gasteiger partial charge in [0.25, 0.3) is 0 Å². The maximum absolute atomic E-state index is 6.14. The molecule has 0 radical (unpaired) electrons. The Morgan fingerprint density at radius 2 is 1.52 bits per heavy atom. The first-order valence-electron chi connectivity index (χ1n) is 11.8. The van der Waals surface area contributed by atoms with E-state index in [9.17, 15) is 0 Å². The average molecular weight is 456 g/mol. The predicted molar refractivity (Wildman–Crippen MR) is 141 cm³/mol. The zero-order valence-electron chi connectivity index (χ0n) is 19.2. The van der Waals surface area contributed by atoms with Gasteiger partial charge in [-0.3, -0.25) is 4.98 Å². The topological polar surface area (TPSA) is 37.0 Å². The van der Waals surface area contributed by atoms with Crippen LogP contribution in [0.15, 0.2) is 72.9 Å². The van der Waals surface area contributed by atoms with Crippen LogP contribution < -0.4 is 10.6 Å². The molecule has 2 N–H and O–H groups in total. The average Bonchev–Trinajstić information content (AvgIpc) is 2.80. The van der Waals surface area contributed by atoms with Crippen LogP contribution in [0.1, 0.15) is 36.8 Å². The van der Waals surface area contributed by atoms with E-state index in [0.29, 0.717) is 12.1 Å². The maximum Gasteiger partial charge on any atom is 0.0737 e. The maximum atomic E-state index is 6.14. The number of aryl methyl sites for hydroxylation is 2. The number of aromatic nitrogens is 1. The Balaban J connectivity index is 1.23. The Morgan fingerprint density at radius 3 is 2.30 bits per heavy atom. The first-order chi connectivity index (χ1) is 16.0. The SMILES string of the molecule is Cc1cccc(-c2cc(C)cc(NC3CCC(Nc4ccnc5cc(Cl)ccc45)CC3)c2)c1. The highest BCUT2D eigenvalue weighted by Crippen LogP contribution is 2.31. The fraction of sp³-hybridized carbons (Fsp3) is 0.276. The fourth-order valence-electron chi connectivity index (χ4n) is 4.94. The van der Waals surface area contributed by atoms with Crippen LogP contribution in [0.2, 0.25) is 5.02 Å². The van der Waals surface area contributed by atoms with Gasteiger partial charge in [0.2, 0.25) is 0 Å². The summed E-state index contributed by atoms with van der Waals surface area (Å²) in [5.41, 5.74) is 8.44. The van der Waals surface area contributed by atoms with Crippen LogP contribution in [0, 0.1) is 13.8 Å². The molecule has 0 aliphatic heterocycles. The molecule has 4 heteroatoms.